The van der Waals surface area contributed by atoms with Crippen LogP contribution in [0, 0.1) is 0 Å². The van der Waals surface area contributed by atoms with Gasteiger partial charge in [-0.3, -0.25) is 14.5 Å². The van der Waals surface area contributed by atoms with Crippen LogP contribution in [0.2, 0.25) is 5.02 Å². The van der Waals surface area contributed by atoms with Gasteiger partial charge in [-0.15, -0.1) is 0 Å². The molecule has 1 N–H and O–H groups in total. The van der Waals surface area contributed by atoms with Crippen molar-refractivity contribution >= 4 is 67.6 Å². The van der Waals surface area contributed by atoms with E-state index >= 15 is 0 Å². The fourth-order valence-corrected chi connectivity index (χ4v) is 4.93. The van der Waals surface area contributed by atoms with Crippen molar-refractivity contribution in [3.05, 3.63) is 93.9 Å². The Morgan fingerprint density at radius 1 is 1.09 bits per heavy atom. The van der Waals surface area contributed by atoms with Crippen LogP contribution in [0.15, 0.2) is 88.3 Å². The molecule has 1 heterocycles. The maximum Gasteiger partial charge on any atom is 0.238 e. The number of aliphatic imine (C=N–C) groups is 1. The molecule has 33 heavy (non-hydrogen) atoms. The molecule has 1 fully saturated rings. The van der Waals surface area contributed by atoms with Gasteiger partial charge in [0, 0.05) is 28.1 Å². The topological polar surface area (TPSA) is 61.8 Å². The van der Waals surface area contributed by atoms with Crippen molar-refractivity contribution in [3.63, 3.8) is 0 Å². The standard InChI is InChI=1S/C25H21BrClN3O2S/c26-18-9-11-20(12-10-18)28-24(32)22-16-23(31)30(14-13-17-5-2-1-3-6-17)25(33-22)29-21-8-4-7-19(27)15-21/h1-12,15,22H,13-14,16H2,(H,28,32). The first-order valence-electron chi connectivity index (χ1n) is 10.4. The molecule has 1 aliphatic heterocycles. The van der Waals surface area contributed by atoms with Crippen LogP contribution < -0.4 is 5.32 Å². The third-order valence-corrected chi connectivity index (χ3v) is 7.00. The van der Waals surface area contributed by atoms with E-state index in [1.807, 2.05) is 66.7 Å². The summed E-state index contributed by atoms with van der Waals surface area (Å²) in [7, 11) is 0. The third-order valence-electron chi connectivity index (χ3n) is 5.04. The van der Waals surface area contributed by atoms with Crippen LogP contribution >= 0.6 is 39.3 Å². The lowest BCUT2D eigenvalue weighted by atomic mass is 10.1. The molecule has 2 amide bonds. The number of hydrogen-bond acceptors (Lipinski definition) is 4. The van der Waals surface area contributed by atoms with E-state index in [9.17, 15) is 9.59 Å². The highest BCUT2D eigenvalue weighted by Gasteiger charge is 2.35. The van der Waals surface area contributed by atoms with E-state index in [0.29, 0.717) is 34.5 Å². The van der Waals surface area contributed by atoms with E-state index in [1.165, 1.54) is 11.8 Å². The van der Waals surface area contributed by atoms with Crippen LogP contribution in [0.25, 0.3) is 0 Å². The Bertz CT molecular complexity index is 1170. The number of nitrogens with zero attached hydrogens (tertiary/aromatic N) is 2. The van der Waals surface area contributed by atoms with Gasteiger partial charge in [0.15, 0.2) is 5.17 Å². The average Bonchev–Trinajstić information content (AvgIpc) is 2.80. The summed E-state index contributed by atoms with van der Waals surface area (Å²) in [5.74, 6) is -0.349. The highest BCUT2D eigenvalue weighted by atomic mass is 79.9. The highest BCUT2D eigenvalue weighted by molar-refractivity contribution is 9.10. The van der Waals surface area contributed by atoms with Gasteiger partial charge in [0.2, 0.25) is 11.8 Å². The number of anilines is 1. The summed E-state index contributed by atoms with van der Waals surface area (Å²) in [5, 5.41) is 3.38. The van der Waals surface area contributed by atoms with E-state index in [2.05, 4.69) is 26.2 Å². The molecule has 1 unspecified atom stereocenters. The quantitative estimate of drug-likeness (QED) is 0.397. The van der Waals surface area contributed by atoms with Gasteiger partial charge in [-0.1, -0.05) is 75.7 Å². The molecule has 0 saturated carbocycles. The first-order valence-corrected chi connectivity index (χ1v) is 12.4. The number of nitrogens with one attached hydrogen (secondary N) is 1. The van der Waals surface area contributed by atoms with Crippen LogP contribution in [0.5, 0.6) is 0 Å². The van der Waals surface area contributed by atoms with Gasteiger partial charge in [0.1, 0.15) is 5.25 Å². The Balaban J connectivity index is 1.55. The van der Waals surface area contributed by atoms with Crippen molar-refractivity contribution in [1.82, 2.24) is 4.90 Å². The molecule has 168 valence electrons. The summed E-state index contributed by atoms with van der Waals surface area (Å²) in [5.41, 5.74) is 2.44. The Hall–Kier alpha value is -2.61. The predicted molar refractivity (Wildman–Crippen MR) is 139 cm³/mol. The SMILES string of the molecule is O=C(Nc1ccc(Br)cc1)C1CC(=O)N(CCc2ccccc2)C(=Nc2cccc(Cl)c2)S1. The van der Waals surface area contributed by atoms with E-state index in [0.717, 1.165) is 10.0 Å². The fraction of sp³-hybridized carbons (Fsp3) is 0.160. The Labute approximate surface area is 210 Å². The normalized spacial score (nSPS) is 17.3. The van der Waals surface area contributed by atoms with Crippen molar-refractivity contribution in [2.24, 2.45) is 4.99 Å². The largest absolute Gasteiger partial charge is 0.325 e. The monoisotopic (exact) mass is 541 g/mol. The summed E-state index contributed by atoms with van der Waals surface area (Å²) in [6, 6.07) is 24.4. The maximum atomic E-state index is 13.1. The van der Waals surface area contributed by atoms with Gasteiger partial charge in [0.25, 0.3) is 0 Å². The smallest absolute Gasteiger partial charge is 0.238 e. The number of hydrogen-bond donors (Lipinski definition) is 1. The molecule has 8 heteroatoms. The van der Waals surface area contributed by atoms with Crippen LogP contribution in [-0.4, -0.2) is 33.7 Å². The van der Waals surface area contributed by atoms with Gasteiger partial charge >= 0.3 is 0 Å². The van der Waals surface area contributed by atoms with Gasteiger partial charge in [-0.2, -0.15) is 0 Å². The number of carbonyl (C=O) groups is 2. The molecule has 3 aromatic carbocycles. The summed E-state index contributed by atoms with van der Waals surface area (Å²) in [4.78, 5) is 32.4. The van der Waals surface area contributed by atoms with Crippen molar-refractivity contribution in [3.8, 4) is 0 Å². The molecule has 0 aliphatic carbocycles. The molecular weight excluding hydrogens is 522 g/mol. The number of amides is 2. The minimum atomic E-state index is -0.577. The van der Waals surface area contributed by atoms with Gasteiger partial charge in [-0.25, -0.2) is 4.99 Å². The summed E-state index contributed by atoms with van der Waals surface area (Å²) in [6.07, 6.45) is 0.799. The molecular formula is C25H21BrClN3O2S. The number of rotatable bonds is 6. The van der Waals surface area contributed by atoms with Crippen molar-refractivity contribution in [2.45, 2.75) is 18.1 Å². The number of amidine groups is 1. The van der Waals surface area contributed by atoms with Crippen LogP contribution in [-0.2, 0) is 16.0 Å². The Kier molecular flexibility index (Phi) is 7.85. The first-order chi connectivity index (χ1) is 16.0. The Morgan fingerprint density at radius 3 is 2.58 bits per heavy atom. The molecule has 1 atom stereocenters. The summed E-state index contributed by atoms with van der Waals surface area (Å²) in [6.45, 7) is 0.482. The first kappa shape index (κ1) is 23.5. The summed E-state index contributed by atoms with van der Waals surface area (Å²) >= 11 is 10.8. The minimum absolute atomic E-state index is 0.108. The van der Waals surface area contributed by atoms with Crippen LogP contribution in [0.4, 0.5) is 11.4 Å². The second kappa shape index (κ2) is 11.0. The highest BCUT2D eigenvalue weighted by Crippen LogP contribution is 2.31. The van der Waals surface area contributed by atoms with E-state index in [-0.39, 0.29) is 18.2 Å². The molecule has 0 spiro atoms. The zero-order chi connectivity index (χ0) is 23.2. The van der Waals surface area contributed by atoms with Crippen molar-refractivity contribution < 1.29 is 9.59 Å². The molecule has 1 saturated heterocycles. The minimum Gasteiger partial charge on any atom is -0.325 e. The molecule has 5 nitrogen and oxygen atoms in total. The van der Waals surface area contributed by atoms with Crippen LogP contribution in [0.1, 0.15) is 12.0 Å². The number of carbonyl (C=O) groups excluding carboxylic acids is 2. The second-order valence-electron chi connectivity index (χ2n) is 7.46. The van der Waals surface area contributed by atoms with E-state index in [1.54, 1.807) is 17.0 Å². The second-order valence-corrected chi connectivity index (χ2v) is 9.98. The predicted octanol–water partition coefficient (Wildman–Crippen LogP) is 6.31. The van der Waals surface area contributed by atoms with E-state index in [4.69, 9.17) is 11.6 Å². The molecule has 0 bridgehead atoms. The van der Waals surface area contributed by atoms with Crippen LogP contribution in [0.3, 0.4) is 0 Å². The molecule has 3 aromatic rings. The Morgan fingerprint density at radius 2 is 1.85 bits per heavy atom. The zero-order valence-electron chi connectivity index (χ0n) is 17.6. The summed E-state index contributed by atoms with van der Waals surface area (Å²) < 4.78 is 0.924. The third kappa shape index (κ3) is 6.47. The fourth-order valence-electron chi connectivity index (χ4n) is 3.36. The molecule has 0 aromatic heterocycles. The molecule has 4 rings (SSSR count). The van der Waals surface area contributed by atoms with Crippen molar-refractivity contribution in [2.75, 3.05) is 11.9 Å². The lowest BCUT2D eigenvalue weighted by Crippen LogP contribution is -2.46. The zero-order valence-corrected chi connectivity index (χ0v) is 20.7. The molecule has 0 radical (unpaired) electrons. The lowest BCUT2D eigenvalue weighted by Gasteiger charge is -2.32. The number of halogens is 2. The lowest BCUT2D eigenvalue weighted by molar-refractivity contribution is -0.129. The average molecular weight is 543 g/mol. The van der Waals surface area contributed by atoms with Gasteiger partial charge in [0.05, 0.1) is 5.69 Å². The number of thioether (sulfide) groups is 1. The van der Waals surface area contributed by atoms with Gasteiger partial charge in [-0.05, 0) is 54.4 Å². The van der Waals surface area contributed by atoms with E-state index < -0.39 is 5.25 Å². The number of benzene rings is 3. The van der Waals surface area contributed by atoms with Gasteiger partial charge < -0.3 is 5.32 Å². The maximum absolute atomic E-state index is 13.1. The van der Waals surface area contributed by atoms with Crippen molar-refractivity contribution in [1.29, 1.82) is 0 Å². The molecule has 1 aliphatic rings.